The van der Waals surface area contributed by atoms with Gasteiger partial charge in [-0.05, 0) is 19.8 Å². The van der Waals surface area contributed by atoms with Gasteiger partial charge in [0.2, 0.25) is 0 Å². The van der Waals surface area contributed by atoms with Crippen molar-refractivity contribution in [3.63, 3.8) is 0 Å². The van der Waals surface area contributed by atoms with Gasteiger partial charge in [0.25, 0.3) is 0 Å². The van der Waals surface area contributed by atoms with Crippen LogP contribution in [-0.2, 0) is 6.54 Å². The highest BCUT2D eigenvalue weighted by molar-refractivity contribution is 5.56. The second kappa shape index (κ2) is 5.17. The van der Waals surface area contributed by atoms with Gasteiger partial charge in [0.1, 0.15) is 0 Å². The Bertz CT molecular complexity index is 542. The molecule has 0 unspecified atom stereocenters. The summed E-state index contributed by atoms with van der Waals surface area (Å²) in [6, 6.07) is 0.610. The SMILES string of the molecule is CCn1cc(-c2cncn2[C@@H]2CCCC[C@H]2N)cn1. The molecule has 2 atom stereocenters. The molecule has 0 bridgehead atoms. The molecule has 1 aliphatic rings. The average Bonchev–Trinajstić information content (AvgIpc) is 3.07. The summed E-state index contributed by atoms with van der Waals surface area (Å²) in [4.78, 5) is 4.31. The molecular weight excluding hydrogens is 238 g/mol. The molecule has 0 radical (unpaired) electrons. The van der Waals surface area contributed by atoms with E-state index in [1.165, 1.54) is 12.8 Å². The van der Waals surface area contributed by atoms with Crippen molar-refractivity contribution >= 4 is 0 Å². The first kappa shape index (κ1) is 12.4. The molecule has 1 aliphatic carbocycles. The molecule has 0 aliphatic heterocycles. The van der Waals surface area contributed by atoms with Gasteiger partial charge >= 0.3 is 0 Å². The van der Waals surface area contributed by atoms with Crippen LogP contribution in [0.4, 0.5) is 0 Å². The van der Waals surface area contributed by atoms with Gasteiger partial charge in [0.05, 0.1) is 30.5 Å². The Balaban J connectivity index is 1.93. The largest absolute Gasteiger partial charge is 0.326 e. The maximum absolute atomic E-state index is 6.28. The zero-order valence-corrected chi connectivity index (χ0v) is 11.4. The lowest BCUT2D eigenvalue weighted by molar-refractivity contribution is 0.308. The smallest absolute Gasteiger partial charge is 0.0954 e. The molecule has 5 heteroatoms. The summed E-state index contributed by atoms with van der Waals surface area (Å²) in [7, 11) is 0. The highest BCUT2D eigenvalue weighted by Crippen LogP contribution is 2.31. The van der Waals surface area contributed by atoms with Gasteiger partial charge in [-0.15, -0.1) is 0 Å². The molecule has 1 saturated carbocycles. The van der Waals surface area contributed by atoms with Gasteiger partial charge < -0.3 is 10.3 Å². The number of hydrogen-bond acceptors (Lipinski definition) is 3. The van der Waals surface area contributed by atoms with E-state index in [-0.39, 0.29) is 6.04 Å². The third kappa shape index (κ3) is 2.30. The Hall–Kier alpha value is -1.62. The van der Waals surface area contributed by atoms with Gasteiger partial charge in [0.15, 0.2) is 0 Å². The highest BCUT2D eigenvalue weighted by atomic mass is 15.3. The summed E-state index contributed by atoms with van der Waals surface area (Å²) in [5, 5.41) is 4.34. The van der Waals surface area contributed by atoms with E-state index >= 15 is 0 Å². The lowest BCUT2D eigenvalue weighted by Crippen LogP contribution is -2.34. The average molecular weight is 259 g/mol. The van der Waals surface area contributed by atoms with Crippen molar-refractivity contribution in [2.24, 2.45) is 5.73 Å². The van der Waals surface area contributed by atoms with Crippen molar-refractivity contribution in [1.29, 1.82) is 0 Å². The quantitative estimate of drug-likeness (QED) is 0.919. The minimum atomic E-state index is 0.239. The van der Waals surface area contributed by atoms with Crippen molar-refractivity contribution < 1.29 is 0 Å². The number of rotatable bonds is 3. The van der Waals surface area contributed by atoms with E-state index in [4.69, 9.17) is 5.73 Å². The molecule has 19 heavy (non-hydrogen) atoms. The zero-order valence-electron chi connectivity index (χ0n) is 11.4. The topological polar surface area (TPSA) is 61.7 Å². The first-order valence-electron chi connectivity index (χ1n) is 7.10. The summed E-state index contributed by atoms with van der Waals surface area (Å²) in [5.74, 6) is 0. The van der Waals surface area contributed by atoms with Gasteiger partial charge in [0, 0.05) is 24.3 Å². The summed E-state index contributed by atoms with van der Waals surface area (Å²) in [5.41, 5.74) is 8.53. The second-order valence-corrected chi connectivity index (χ2v) is 5.29. The van der Waals surface area contributed by atoms with E-state index in [0.29, 0.717) is 6.04 Å². The molecule has 2 N–H and O–H groups in total. The first-order valence-corrected chi connectivity index (χ1v) is 7.10. The summed E-state index contributed by atoms with van der Waals surface area (Å²) in [6.45, 7) is 2.97. The zero-order chi connectivity index (χ0) is 13.2. The van der Waals surface area contributed by atoms with E-state index in [1.54, 1.807) is 0 Å². The van der Waals surface area contributed by atoms with Crippen LogP contribution in [0.1, 0.15) is 38.6 Å². The molecule has 3 rings (SSSR count). The minimum Gasteiger partial charge on any atom is -0.326 e. The van der Waals surface area contributed by atoms with Crippen molar-refractivity contribution in [2.75, 3.05) is 0 Å². The number of nitrogens with zero attached hydrogens (tertiary/aromatic N) is 4. The monoisotopic (exact) mass is 259 g/mol. The predicted octanol–water partition coefficient (Wildman–Crippen LogP) is 2.21. The number of aryl methyl sites for hydroxylation is 1. The van der Waals surface area contributed by atoms with E-state index in [2.05, 4.69) is 27.8 Å². The van der Waals surface area contributed by atoms with Crippen molar-refractivity contribution in [3.05, 3.63) is 24.9 Å². The van der Waals surface area contributed by atoms with Crippen molar-refractivity contribution in [2.45, 2.75) is 51.2 Å². The van der Waals surface area contributed by atoms with Crippen LogP contribution >= 0.6 is 0 Å². The predicted molar refractivity (Wildman–Crippen MR) is 74.6 cm³/mol. The number of imidazole rings is 1. The van der Waals surface area contributed by atoms with Crippen LogP contribution in [0.3, 0.4) is 0 Å². The van der Waals surface area contributed by atoms with Crippen LogP contribution in [-0.4, -0.2) is 25.4 Å². The highest BCUT2D eigenvalue weighted by Gasteiger charge is 2.25. The standard InChI is InChI=1S/C14H21N5/c1-2-18-9-11(7-17-18)14-8-16-10-19(14)13-6-4-3-5-12(13)15/h7-10,12-13H,2-6,15H2,1H3/t12-,13-/m1/s1. The number of aromatic nitrogens is 4. The van der Waals surface area contributed by atoms with Crippen molar-refractivity contribution in [3.8, 4) is 11.3 Å². The Morgan fingerprint density at radius 3 is 2.89 bits per heavy atom. The van der Waals surface area contributed by atoms with E-state index in [1.807, 2.05) is 23.4 Å². The second-order valence-electron chi connectivity index (χ2n) is 5.29. The molecule has 0 saturated heterocycles. The molecular formula is C14H21N5. The third-order valence-corrected chi connectivity index (χ3v) is 4.06. The normalized spacial score (nSPS) is 23.7. The fourth-order valence-electron chi connectivity index (χ4n) is 2.95. The lowest BCUT2D eigenvalue weighted by atomic mass is 9.90. The molecule has 2 heterocycles. The van der Waals surface area contributed by atoms with E-state index in [0.717, 1.165) is 30.6 Å². The molecule has 1 fully saturated rings. The van der Waals surface area contributed by atoms with Gasteiger partial charge in [-0.2, -0.15) is 5.10 Å². The molecule has 0 aromatic carbocycles. The minimum absolute atomic E-state index is 0.239. The van der Waals surface area contributed by atoms with Gasteiger partial charge in [-0.3, -0.25) is 4.68 Å². The molecule has 5 nitrogen and oxygen atoms in total. The molecule has 0 amide bonds. The maximum atomic E-state index is 6.28. The van der Waals surface area contributed by atoms with Crippen LogP contribution in [0.25, 0.3) is 11.3 Å². The molecule has 2 aromatic rings. The maximum Gasteiger partial charge on any atom is 0.0954 e. The number of nitrogens with two attached hydrogens (primary N) is 1. The Labute approximate surface area is 113 Å². The van der Waals surface area contributed by atoms with Crippen LogP contribution in [0.15, 0.2) is 24.9 Å². The molecule has 2 aromatic heterocycles. The van der Waals surface area contributed by atoms with E-state index < -0.39 is 0 Å². The van der Waals surface area contributed by atoms with E-state index in [9.17, 15) is 0 Å². The first-order chi connectivity index (χ1) is 9.29. The molecule has 102 valence electrons. The lowest BCUT2D eigenvalue weighted by Gasteiger charge is -2.30. The third-order valence-electron chi connectivity index (χ3n) is 4.06. The fraction of sp³-hybridized carbons (Fsp3) is 0.571. The van der Waals surface area contributed by atoms with Crippen molar-refractivity contribution in [1.82, 2.24) is 19.3 Å². The molecule has 0 spiro atoms. The van der Waals surface area contributed by atoms with Crippen LogP contribution in [0, 0.1) is 0 Å². The van der Waals surface area contributed by atoms with Gasteiger partial charge in [-0.1, -0.05) is 12.8 Å². The summed E-state index contributed by atoms with van der Waals surface area (Å²) < 4.78 is 4.17. The Kier molecular flexibility index (Phi) is 3.38. The fourth-order valence-corrected chi connectivity index (χ4v) is 2.95. The van der Waals surface area contributed by atoms with Crippen LogP contribution in [0.5, 0.6) is 0 Å². The summed E-state index contributed by atoms with van der Waals surface area (Å²) >= 11 is 0. The van der Waals surface area contributed by atoms with Crippen LogP contribution in [0.2, 0.25) is 0 Å². The Morgan fingerprint density at radius 2 is 2.16 bits per heavy atom. The number of hydrogen-bond donors (Lipinski definition) is 1. The van der Waals surface area contributed by atoms with Crippen LogP contribution < -0.4 is 5.73 Å². The summed E-state index contributed by atoms with van der Waals surface area (Å²) in [6.07, 6.45) is 12.6. The van der Waals surface area contributed by atoms with Gasteiger partial charge in [-0.25, -0.2) is 4.98 Å². The Morgan fingerprint density at radius 1 is 1.32 bits per heavy atom.